The molecule has 8 nitrogen and oxygen atoms in total. The second-order valence-corrected chi connectivity index (χ2v) is 7.61. The van der Waals surface area contributed by atoms with Crippen LogP contribution in [0.25, 0.3) is 16.8 Å². The number of Topliss-reactive ketones (excluding diaryl/α,β-unsaturated/α-hetero) is 1. The van der Waals surface area contributed by atoms with Gasteiger partial charge in [0.15, 0.2) is 0 Å². The number of nitrogens with one attached hydrogen (secondary N) is 1. The number of hydrogen-bond donors (Lipinski definition) is 2. The Labute approximate surface area is 186 Å². The monoisotopic (exact) mass is 447 g/mol. The first-order chi connectivity index (χ1) is 15.9. The molecule has 0 aliphatic carbocycles. The number of benzene rings is 2. The molecule has 2 N–H and O–H groups in total. The third kappa shape index (κ3) is 3.25. The van der Waals surface area contributed by atoms with Crippen molar-refractivity contribution in [1.82, 2.24) is 9.97 Å². The minimum Gasteiger partial charge on any atom is -0.507 e. The van der Waals surface area contributed by atoms with Gasteiger partial charge in [0.2, 0.25) is 5.95 Å². The molecule has 0 saturated carbocycles. The molecule has 1 unspecified atom stereocenters. The summed E-state index contributed by atoms with van der Waals surface area (Å²) >= 11 is 0. The van der Waals surface area contributed by atoms with Crippen molar-refractivity contribution in [3.63, 3.8) is 0 Å². The number of rotatable bonds is 4. The topological polar surface area (TPSA) is 109 Å². The fraction of sp³-hybridized carbons (Fsp3) is 0.125. The summed E-state index contributed by atoms with van der Waals surface area (Å²) in [6, 6.07) is 11.2. The van der Waals surface area contributed by atoms with Gasteiger partial charge in [0.1, 0.15) is 29.1 Å². The van der Waals surface area contributed by atoms with Gasteiger partial charge in [-0.3, -0.25) is 14.5 Å². The number of aliphatic hydroxyl groups is 1. The molecule has 33 heavy (non-hydrogen) atoms. The number of aryl methyl sites for hydroxylation is 1. The maximum absolute atomic E-state index is 13.7. The number of methoxy groups -OCH3 is 1. The van der Waals surface area contributed by atoms with Gasteiger partial charge < -0.3 is 19.2 Å². The van der Waals surface area contributed by atoms with Crippen molar-refractivity contribution >= 4 is 34.4 Å². The summed E-state index contributed by atoms with van der Waals surface area (Å²) in [5.41, 5.74) is 1.67. The number of ether oxygens (including phenoxy) is 1. The Morgan fingerprint density at radius 2 is 2.03 bits per heavy atom. The summed E-state index contributed by atoms with van der Waals surface area (Å²) in [4.78, 5) is 34.7. The summed E-state index contributed by atoms with van der Waals surface area (Å²) in [5.74, 6) is -2.10. The second kappa shape index (κ2) is 7.63. The van der Waals surface area contributed by atoms with Crippen molar-refractivity contribution in [3.05, 3.63) is 83.1 Å². The smallest absolute Gasteiger partial charge is 0.302 e. The van der Waals surface area contributed by atoms with Crippen LogP contribution in [0.5, 0.6) is 5.75 Å². The number of H-pyrrole nitrogens is 1. The quantitative estimate of drug-likeness (QED) is 0.275. The van der Waals surface area contributed by atoms with E-state index in [4.69, 9.17) is 9.15 Å². The van der Waals surface area contributed by atoms with Crippen molar-refractivity contribution in [3.8, 4) is 5.75 Å². The van der Waals surface area contributed by atoms with Gasteiger partial charge in [0, 0.05) is 0 Å². The van der Waals surface area contributed by atoms with Gasteiger partial charge in [0.25, 0.3) is 5.78 Å². The Bertz CT molecular complexity index is 1440. The zero-order valence-electron chi connectivity index (χ0n) is 17.6. The Kier molecular flexibility index (Phi) is 4.74. The minimum atomic E-state index is -1.10. The number of aliphatic hydroxyl groups excluding tert-OH is 1. The fourth-order valence-corrected chi connectivity index (χ4v) is 4.00. The van der Waals surface area contributed by atoms with Crippen molar-refractivity contribution in [1.29, 1.82) is 0 Å². The average Bonchev–Trinajstić information content (AvgIpc) is 3.52. The lowest BCUT2D eigenvalue weighted by atomic mass is 9.98. The van der Waals surface area contributed by atoms with Crippen LogP contribution in [-0.4, -0.2) is 33.9 Å². The van der Waals surface area contributed by atoms with Crippen LogP contribution in [0, 0.1) is 12.7 Å². The van der Waals surface area contributed by atoms with Crippen LogP contribution in [0.2, 0.25) is 0 Å². The van der Waals surface area contributed by atoms with Gasteiger partial charge in [-0.25, -0.2) is 9.37 Å². The SMILES string of the molecule is COc1ccc(C)cc1/C(O)=C1\C(=O)C(=O)N(c2nc3ccc(F)cc3[nH]2)C1c1ccco1. The van der Waals surface area contributed by atoms with Crippen LogP contribution in [0.1, 0.15) is 22.9 Å². The molecule has 4 aromatic rings. The first-order valence-electron chi connectivity index (χ1n) is 10.0. The predicted molar refractivity (Wildman–Crippen MR) is 117 cm³/mol. The summed E-state index contributed by atoms with van der Waals surface area (Å²) in [5, 5.41) is 11.2. The molecule has 2 aromatic heterocycles. The third-order valence-electron chi connectivity index (χ3n) is 5.53. The van der Waals surface area contributed by atoms with Crippen molar-refractivity contribution in [2.24, 2.45) is 0 Å². The van der Waals surface area contributed by atoms with Gasteiger partial charge in [0.05, 0.1) is 35.5 Å². The molecule has 0 spiro atoms. The molecule has 166 valence electrons. The molecule has 1 atom stereocenters. The van der Waals surface area contributed by atoms with Gasteiger partial charge in [-0.2, -0.15) is 0 Å². The minimum absolute atomic E-state index is 0.0226. The van der Waals surface area contributed by atoms with Crippen LogP contribution in [0.3, 0.4) is 0 Å². The fourth-order valence-electron chi connectivity index (χ4n) is 4.00. The van der Waals surface area contributed by atoms with Gasteiger partial charge >= 0.3 is 5.91 Å². The number of imidazole rings is 1. The van der Waals surface area contributed by atoms with Gasteiger partial charge in [-0.1, -0.05) is 11.6 Å². The number of aromatic nitrogens is 2. The normalized spacial score (nSPS) is 17.8. The zero-order chi connectivity index (χ0) is 23.3. The Morgan fingerprint density at radius 1 is 1.21 bits per heavy atom. The van der Waals surface area contributed by atoms with Gasteiger partial charge in [-0.15, -0.1) is 0 Å². The Morgan fingerprint density at radius 3 is 2.76 bits per heavy atom. The van der Waals surface area contributed by atoms with E-state index >= 15 is 0 Å². The van der Waals surface area contributed by atoms with E-state index in [9.17, 15) is 19.1 Å². The Balaban J connectivity index is 1.74. The van der Waals surface area contributed by atoms with Crippen LogP contribution in [-0.2, 0) is 9.59 Å². The lowest BCUT2D eigenvalue weighted by Crippen LogP contribution is -2.30. The number of carbonyl (C=O) groups excluding carboxylic acids is 2. The number of furan rings is 1. The van der Waals surface area contributed by atoms with E-state index < -0.39 is 29.3 Å². The molecule has 0 bridgehead atoms. The highest BCUT2D eigenvalue weighted by Gasteiger charge is 2.49. The van der Waals surface area contributed by atoms with Crippen molar-refractivity contribution < 1.29 is 28.2 Å². The molecule has 1 aliphatic rings. The van der Waals surface area contributed by atoms with Crippen molar-refractivity contribution in [2.75, 3.05) is 12.0 Å². The largest absolute Gasteiger partial charge is 0.507 e. The highest BCUT2D eigenvalue weighted by Crippen LogP contribution is 2.43. The lowest BCUT2D eigenvalue weighted by Gasteiger charge is -2.21. The predicted octanol–water partition coefficient (Wildman–Crippen LogP) is 4.24. The number of ketones is 1. The molecule has 9 heteroatoms. The zero-order valence-corrected chi connectivity index (χ0v) is 17.6. The molecular weight excluding hydrogens is 429 g/mol. The van der Waals surface area contributed by atoms with E-state index in [1.54, 1.807) is 30.3 Å². The molecule has 1 fully saturated rings. The highest BCUT2D eigenvalue weighted by molar-refractivity contribution is 6.51. The average molecular weight is 447 g/mol. The third-order valence-corrected chi connectivity index (χ3v) is 5.53. The second-order valence-electron chi connectivity index (χ2n) is 7.61. The van der Waals surface area contributed by atoms with E-state index in [-0.39, 0.29) is 22.8 Å². The highest BCUT2D eigenvalue weighted by atomic mass is 19.1. The number of aromatic amines is 1. The molecule has 5 rings (SSSR count). The number of anilines is 1. The van der Waals surface area contributed by atoms with Crippen LogP contribution < -0.4 is 9.64 Å². The van der Waals surface area contributed by atoms with E-state index in [0.717, 1.165) is 10.5 Å². The standard InChI is InChI=1S/C24H18FN3O5/c1-12-5-8-17(32-2)14(10-12)21(29)19-20(18-4-3-9-33-18)28(23(31)22(19)30)24-26-15-7-6-13(25)11-16(15)27-24/h3-11,20,29H,1-2H3,(H,26,27)/b21-19+. The molecule has 3 heterocycles. The summed E-state index contributed by atoms with van der Waals surface area (Å²) < 4.78 is 24.6. The van der Waals surface area contributed by atoms with E-state index in [0.29, 0.717) is 16.8 Å². The van der Waals surface area contributed by atoms with E-state index in [1.807, 2.05) is 6.92 Å². The van der Waals surface area contributed by atoms with Crippen LogP contribution in [0.4, 0.5) is 10.3 Å². The van der Waals surface area contributed by atoms with E-state index in [2.05, 4.69) is 9.97 Å². The number of fused-ring (bicyclic) bond motifs is 1. The molecule has 1 aliphatic heterocycles. The summed E-state index contributed by atoms with van der Waals surface area (Å²) in [6.07, 6.45) is 1.40. The molecule has 1 amide bonds. The summed E-state index contributed by atoms with van der Waals surface area (Å²) in [6.45, 7) is 1.83. The number of nitrogens with zero attached hydrogens (tertiary/aromatic N) is 2. The van der Waals surface area contributed by atoms with Gasteiger partial charge in [-0.05, 0) is 49.4 Å². The maximum Gasteiger partial charge on any atom is 0.302 e. The molecule has 0 radical (unpaired) electrons. The van der Waals surface area contributed by atoms with Crippen LogP contribution >= 0.6 is 0 Å². The molecule has 1 saturated heterocycles. The van der Waals surface area contributed by atoms with Crippen LogP contribution in [0.15, 0.2) is 64.8 Å². The number of amides is 1. The number of carbonyl (C=O) groups is 2. The number of hydrogen-bond acceptors (Lipinski definition) is 6. The lowest BCUT2D eigenvalue weighted by molar-refractivity contribution is -0.132. The first kappa shape index (κ1) is 20.5. The van der Waals surface area contributed by atoms with E-state index in [1.165, 1.54) is 31.6 Å². The summed E-state index contributed by atoms with van der Waals surface area (Å²) in [7, 11) is 1.44. The van der Waals surface area contributed by atoms with Crippen molar-refractivity contribution in [2.45, 2.75) is 13.0 Å². The Hall–Kier alpha value is -4.40. The number of halogens is 1. The maximum atomic E-state index is 13.7. The molecule has 2 aromatic carbocycles. The molecular formula is C24H18FN3O5. The first-order valence-corrected chi connectivity index (χ1v) is 10.0.